The van der Waals surface area contributed by atoms with Gasteiger partial charge in [0.2, 0.25) is 0 Å². The molecule has 0 aliphatic heterocycles. The van der Waals surface area contributed by atoms with E-state index >= 15 is 0 Å². The van der Waals surface area contributed by atoms with Crippen LogP contribution in [0.2, 0.25) is 0 Å². The second-order valence-electron chi connectivity index (χ2n) is 4.26. The molecule has 1 aliphatic carbocycles. The van der Waals surface area contributed by atoms with Gasteiger partial charge in [-0.25, -0.2) is 9.37 Å². The third-order valence-corrected chi connectivity index (χ3v) is 2.90. The van der Waals surface area contributed by atoms with Crippen molar-refractivity contribution < 1.29 is 8.81 Å². The van der Waals surface area contributed by atoms with Gasteiger partial charge in [0.05, 0.1) is 5.56 Å². The van der Waals surface area contributed by atoms with Gasteiger partial charge in [0, 0.05) is 12.6 Å². The second-order valence-corrected chi connectivity index (χ2v) is 4.26. The molecule has 0 radical (unpaired) electrons. The van der Waals surface area contributed by atoms with Crippen molar-refractivity contribution >= 4 is 0 Å². The van der Waals surface area contributed by atoms with Crippen LogP contribution in [0.5, 0.6) is 0 Å². The summed E-state index contributed by atoms with van der Waals surface area (Å²) < 4.78 is 18.9. The zero-order valence-corrected chi connectivity index (χ0v) is 9.32. The number of nitrogens with one attached hydrogen (secondary N) is 1. The molecule has 3 nitrogen and oxygen atoms in total. The first-order valence-electron chi connectivity index (χ1n) is 5.75. The van der Waals surface area contributed by atoms with Crippen molar-refractivity contribution in [2.45, 2.75) is 25.4 Å². The third-order valence-electron chi connectivity index (χ3n) is 2.90. The number of aromatic nitrogens is 1. The van der Waals surface area contributed by atoms with E-state index in [-0.39, 0.29) is 5.82 Å². The van der Waals surface area contributed by atoms with E-state index in [1.54, 1.807) is 18.2 Å². The van der Waals surface area contributed by atoms with Crippen LogP contribution in [0.4, 0.5) is 4.39 Å². The van der Waals surface area contributed by atoms with E-state index < -0.39 is 0 Å². The van der Waals surface area contributed by atoms with Crippen LogP contribution < -0.4 is 5.32 Å². The fourth-order valence-electron chi connectivity index (χ4n) is 1.79. The van der Waals surface area contributed by atoms with Gasteiger partial charge in [-0.1, -0.05) is 12.1 Å². The van der Waals surface area contributed by atoms with Crippen molar-refractivity contribution in [3.63, 3.8) is 0 Å². The zero-order chi connectivity index (χ0) is 11.7. The maximum absolute atomic E-state index is 13.6. The number of hydrogen-bond donors (Lipinski definition) is 1. The van der Waals surface area contributed by atoms with Crippen molar-refractivity contribution in [1.29, 1.82) is 0 Å². The maximum atomic E-state index is 13.6. The van der Waals surface area contributed by atoms with Crippen LogP contribution in [0.1, 0.15) is 18.5 Å². The third kappa shape index (κ3) is 2.22. The van der Waals surface area contributed by atoms with Crippen LogP contribution in [-0.4, -0.2) is 11.0 Å². The average Bonchev–Trinajstić information content (AvgIpc) is 3.06. The summed E-state index contributed by atoms with van der Waals surface area (Å²) in [7, 11) is 0. The summed E-state index contributed by atoms with van der Waals surface area (Å²) in [5.41, 5.74) is 1.24. The first-order valence-corrected chi connectivity index (χ1v) is 5.75. The molecule has 0 amide bonds. The molecule has 1 saturated carbocycles. The average molecular weight is 232 g/mol. The van der Waals surface area contributed by atoms with Crippen molar-refractivity contribution in [1.82, 2.24) is 10.3 Å². The monoisotopic (exact) mass is 232 g/mol. The van der Waals surface area contributed by atoms with Crippen LogP contribution in [0.3, 0.4) is 0 Å². The van der Waals surface area contributed by atoms with Gasteiger partial charge in [0.25, 0.3) is 0 Å². The lowest BCUT2D eigenvalue weighted by Gasteiger charge is -2.03. The quantitative estimate of drug-likeness (QED) is 0.880. The number of halogens is 1. The van der Waals surface area contributed by atoms with Gasteiger partial charge >= 0.3 is 0 Å². The highest BCUT2D eigenvalue weighted by atomic mass is 19.1. The Morgan fingerprint density at radius 2 is 2.18 bits per heavy atom. The molecule has 0 unspecified atom stereocenters. The molecule has 3 rings (SSSR count). The molecule has 0 bridgehead atoms. The number of rotatable bonds is 4. The van der Waals surface area contributed by atoms with E-state index in [2.05, 4.69) is 10.3 Å². The summed E-state index contributed by atoms with van der Waals surface area (Å²) in [5.74, 6) is 0.244. The van der Waals surface area contributed by atoms with Gasteiger partial charge in [-0.3, -0.25) is 0 Å². The highest BCUT2D eigenvalue weighted by molar-refractivity contribution is 5.60. The van der Waals surface area contributed by atoms with Crippen molar-refractivity contribution in [2.75, 3.05) is 0 Å². The van der Waals surface area contributed by atoms with Crippen LogP contribution in [0.25, 0.3) is 11.3 Å². The summed E-state index contributed by atoms with van der Waals surface area (Å²) in [5, 5.41) is 3.34. The van der Waals surface area contributed by atoms with E-state index in [0.29, 0.717) is 23.9 Å². The molecule has 0 saturated heterocycles. The van der Waals surface area contributed by atoms with Gasteiger partial charge in [-0.15, -0.1) is 0 Å². The number of benzene rings is 1. The predicted octanol–water partition coefficient (Wildman–Crippen LogP) is 2.73. The molecular weight excluding hydrogens is 219 g/mol. The molecule has 1 aromatic carbocycles. The van der Waals surface area contributed by atoms with Crippen LogP contribution in [0.15, 0.2) is 35.1 Å². The van der Waals surface area contributed by atoms with Gasteiger partial charge < -0.3 is 9.73 Å². The van der Waals surface area contributed by atoms with Crippen LogP contribution >= 0.6 is 0 Å². The SMILES string of the molecule is Fc1ccccc1-c1ocnc1CNC1CC1. The Morgan fingerprint density at radius 3 is 2.94 bits per heavy atom. The van der Waals surface area contributed by atoms with Crippen molar-refractivity contribution in [2.24, 2.45) is 0 Å². The standard InChI is InChI=1S/C13H13FN2O/c14-11-4-2-1-3-10(11)13-12(16-8-17-13)7-15-9-5-6-9/h1-4,8-9,15H,5-7H2. The van der Waals surface area contributed by atoms with Gasteiger partial charge in [-0.2, -0.15) is 0 Å². The molecule has 88 valence electrons. The van der Waals surface area contributed by atoms with Crippen molar-refractivity contribution in [3.05, 3.63) is 42.2 Å². The number of oxazole rings is 1. The minimum absolute atomic E-state index is 0.281. The minimum Gasteiger partial charge on any atom is -0.443 e. The summed E-state index contributed by atoms with van der Waals surface area (Å²) in [4.78, 5) is 4.14. The van der Waals surface area contributed by atoms with E-state index in [1.165, 1.54) is 25.3 Å². The fraction of sp³-hybridized carbons (Fsp3) is 0.308. The summed E-state index contributed by atoms with van der Waals surface area (Å²) in [6.07, 6.45) is 3.80. The van der Waals surface area contributed by atoms with E-state index in [1.807, 2.05) is 0 Å². The Hall–Kier alpha value is -1.68. The molecule has 1 N–H and O–H groups in total. The van der Waals surface area contributed by atoms with E-state index in [4.69, 9.17) is 4.42 Å². The van der Waals surface area contributed by atoms with Gasteiger partial charge in [0.15, 0.2) is 12.2 Å². The predicted molar refractivity (Wildman–Crippen MR) is 61.8 cm³/mol. The van der Waals surface area contributed by atoms with E-state index in [0.717, 1.165) is 5.69 Å². The molecule has 1 fully saturated rings. The molecule has 1 aromatic heterocycles. The first-order chi connectivity index (χ1) is 8.34. The molecule has 0 atom stereocenters. The van der Waals surface area contributed by atoms with Crippen LogP contribution in [-0.2, 0) is 6.54 Å². The lowest BCUT2D eigenvalue weighted by atomic mass is 10.1. The summed E-state index contributed by atoms with van der Waals surface area (Å²) in [6, 6.07) is 7.18. The Balaban J connectivity index is 1.86. The minimum atomic E-state index is -0.281. The topological polar surface area (TPSA) is 38.1 Å². The Morgan fingerprint density at radius 1 is 1.35 bits per heavy atom. The fourth-order valence-corrected chi connectivity index (χ4v) is 1.79. The van der Waals surface area contributed by atoms with Gasteiger partial charge in [-0.05, 0) is 25.0 Å². The maximum Gasteiger partial charge on any atom is 0.181 e. The highest BCUT2D eigenvalue weighted by Gasteiger charge is 2.22. The second kappa shape index (κ2) is 4.30. The molecular formula is C13H13FN2O. The number of nitrogens with zero attached hydrogens (tertiary/aromatic N) is 1. The normalized spacial score (nSPS) is 15.1. The molecule has 17 heavy (non-hydrogen) atoms. The Bertz CT molecular complexity index is 520. The largest absolute Gasteiger partial charge is 0.443 e. The molecule has 1 aliphatic rings. The van der Waals surface area contributed by atoms with Crippen molar-refractivity contribution in [3.8, 4) is 11.3 Å². The van der Waals surface area contributed by atoms with Gasteiger partial charge in [0.1, 0.15) is 11.5 Å². The smallest absolute Gasteiger partial charge is 0.181 e. The zero-order valence-electron chi connectivity index (χ0n) is 9.32. The molecule has 0 spiro atoms. The Labute approximate surface area is 98.7 Å². The lowest BCUT2D eigenvalue weighted by Crippen LogP contribution is -2.16. The summed E-state index contributed by atoms with van der Waals surface area (Å²) in [6.45, 7) is 0.630. The van der Waals surface area contributed by atoms with Crippen LogP contribution in [0, 0.1) is 5.82 Å². The Kier molecular flexibility index (Phi) is 2.65. The molecule has 4 heteroatoms. The number of hydrogen-bond acceptors (Lipinski definition) is 3. The molecule has 1 heterocycles. The molecule has 2 aromatic rings. The summed E-state index contributed by atoms with van der Waals surface area (Å²) >= 11 is 0. The highest BCUT2D eigenvalue weighted by Crippen LogP contribution is 2.26. The first kappa shape index (κ1) is 10.5. The lowest BCUT2D eigenvalue weighted by molar-refractivity contribution is 0.559. The van der Waals surface area contributed by atoms with E-state index in [9.17, 15) is 4.39 Å².